The summed E-state index contributed by atoms with van der Waals surface area (Å²) in [4.78, 5) is 48.1. The highest BCUT2D eigenvalue weighted by Gasteiger charge is 2.22. The van der Waals surface area contributed by atoms with Crippen LogP contribution in [0.15, 0.2) is 36.6 Å². The van der Waals surface area contributed by atoms with Crippen molar-refractivity contribution in [2.45, 2.75) is 25.8 Å². The third-order valence-corrected chi connectivity index (χ3v) is 3.04. The van der Waals surface area contributed by atoms with Gasteiger partial charge < -0.3 is 20.3 Å². The molecule has 25 heavy (non-hydrogen) atoms. The summed E-state index contributed by atoms with van der Waals surface area (Å²) in [7, 11) is 4.42. The normalized spacial score (nSPS) is 12.2. The molecule has 0 bridgehead atoms. The lowest BCUT2D eigenvalue weighted by Gasteiger charge is -2.17. The molecule has 0 unspecified atom stereocenters. The van der Waals surface area contributed by atoms with Crippen molar-refractivity contribution in [3.63, 3.8) is 0 Å². The second-order valence-corrected chi connectivity index (χ2v) is 5.26. The number of ketones is 1. The van der Waals surface area contributed by atoms with Gasteiger partial charge in [0.2, 0.25) is 11.8 Å². The van der Waals surface area contributed by atoms with Crippen LogP contribution in [-0.2, 0) is 19.1 Å². The quantitative estimate of drug-likeness (QED) is 0.474. The molecule has 8 heteroatoms. The molecule has 3 amide bonds. The van der Waals surface area contributed by atoms with Crippen molar-refractivity contribution in [2.24, 2.45) is 0 Å². The van der Waals surface area contributed by atoms with Crippen LogP contribution in [0.1, 0.15) is 19.8 Å². The predicted octanol–water partition coefficient (Wildman–Crippen LogP) is 0.911. The first-order chi connectivity index (χ1) is 11.7. The number of amides is 3. The molecule has 0 aromatic heterocycles. The van der Waals surface area contributed by atoms with Crippen molar-refractivity contribution in [3.8, 4) is 0 Å². The molecular formula is C17H25N3O5. The minimum absolute atomic E-state index is 0.0648. The molecule has 0 rings (SSSR count). The molecule has 2 N–H and O–H groups in total. The average Bonchev–Trinajstić information content (AvgIpc) is 2.56. The summed E-state index contributed by atoms with van der Waals surface area (Å²) < 4.78 is 4.50. The van der Waals surface area contributed by atoms with Gasteiger partial charge in [-0.15, -0.1) is 0 Å². The number of hydrogen-bond donors (Lipinski definition) is 2. The first kappa shape index (κ1) is 22.1. The van der Waals surface area contributed by atoms with Crippen LogP contribution in [0.25, 0.3) is 0 Å². The van der Waals surface area contributed by atoms with Crippen LogP contribution < -0.4 is 10.6 Å². The molecule has 0 radical (unpaired) electrons. The number of alkyl carbamates (subject to hydrolysis) is 1. The summed E-state index contributed by atoms with van der Waals surface area (Å²) in [5.74, 6) is -1.10. The van der Waals surface area contributed by atoms with Gasteiger partial charge in [-0.3, -0.25) is 14.4 Å². The number of Topliss-reactive ketones (excluding diaryl/α,β-unsaturated/α-hetero) is 1. The molecule has 0 aliphatic rings. The second kappa shape index (κ2) is 11.6. The first-order valence-electron chi connectivity index (χ1n) is 7.59. The number of likely N-dealkylation sites (N-methyl/N-ethyl adjacent to an activating group) is 1. The van der Waals surface area contributed by atoms with E-state index in [2.05, 4.69) is 21.9 Å². The van der Waals surface area contributed by atoms with Crippen molar-refractivity contribution in [1.29, 1.82) is 0 Å². The van der Waals surface area contributed by atoms with Crippen LogP contribution >= 0.6 is 0 Å². The molecule has 0 heterocycles. The van der Waals surface area contributed by atoms with Gasteiger partial charge in [0.25, 0.3) is 0 Å². The van der Waals surface area contributed by atoms with E-state index in [4.69, 9.17) is 0 Å². The third-order valence-electron chi connectivity index (χ3n) is 3.04. The highest BCUT2D eigenvalue weighted by atomic mass is 16.5. The molecule has 0 saturated heterocycles. The SMILES string of the molecule is C=C/C=C(/NC(=O)[C@H](CC/C=C/C(=O)N(C)C)NC(=O)OC)C(C)=O. The lowest BCUT2D eigenvalue weighted by molar-refractivity contribution is -0.124. The van der Waals surface area contributed by atoms with E-state index in [1.807, 2.05) is 0 Å². The Morgan fingerprint density at radius 3 is 2.36 bits per heavy atom. The van der Waals surface area contributed by atoms with Crippen LogP contribution in [0.5, 0.6) is 0 Å². The summed E-state index contributed by atoms with van der Waals surface area (Å²) in [5.41, 5.74) is 0.0648. The number of methoxy groups -OCH3 is 1. The predicted molar refractivity (Wildman–Crippen MR) is 93.5 cm³/mol. The lowest BCUT2D eigenvalue weighted by atomic mass is 10.1. The van der Waals surface area contributed by atoms with Gasteiger partial charge in [0.05, 0.1) is 12.8 Å². The topological polar surface area (TPSA) is 105 Å². The smallest absolute Gasteiger partial charge is 0.407 e. The highest BCUT2D eigenvalue weighted by molar-refractivity contribution is 5.99. The molecule has 0 aliphatic carbocycles. The highest BCUT2D eigenvalue weighted by Crippen LogP contribution is 2.03. The van der Waals surface area contributed by atoms with Gasteiger partial charge in [0, 0.05) is 21.0 Å². The molecule has 0 spiro atoms. The van der Waals surface area contributed by atoms with Crippen LogP contribution in [0.4, 0.5) is 4.79 Å². The number of ether oxygens (including phenoxy) is 1. The van der Waals surface area contributed by atoms with Crippen molar-refractivity contribution in [1.82, 2.24) is 15.5 Å². The number of nitrogens with zero attached hydrogens (tertiary/aromatic N) is 1. The van der Waals surface area contributed by atoms with Crippen molar-refractivity contribution in [2.75, 3.05) is 21.2 Å². The molecule has 138 valence electrons. The largest absolute Gasteiger partial charge is 0.453 e. The maximum absolute atomic E-state index is 12.3. The minimum atomic E-state index is -0.931. The molecular weight excluding hydrogens is 326 g/mol. The Balaban J connectivity index is 4.97. The third kappa shape index (κ3) is 9.09. The molecule has 0 aromatic rings. The van der Waals surface area contributed by atoms with Crippen molar-refractivity contribution >= 4 is 23.7 Å². The number of rotatable bonds is 9. The van der Waals surface area contributed by atoms with Crippen LogP contribution in [0, 0.1) is 0 Å². The van der Waals surface area contributed by atoms with Crippen LogP contribution in [-0.4, -0.2) is 55.8 Å². The van der Waals surface area contributed by atoms with E-state index in [0.717, 1.165) is 0 Å². The maximum atomic E-state index is 12.3. The summed E-state index contributed by atoms with van der Waals surface area (Å²) in [6.07, 6.45) is 5.53. The molecule has 8 nitrogen and oxygen atoms in total. The number of carbonyl (C=O) groups excluding carboxylic acids is 4. The Morgan fingerprint density at radius 1 is 1.24 bits per heavy atom. The first-order valence-corrected chi connectivity index (χ1v) is 7.59. The number of carbonyl (C=O) groups is 4. The summed E-state index contributed by atoms with van der Waals surface area (Å²) in [5, 5.41) is 4.84. The Hall–Kier alpha value is -2.90. The van der Waals surface area contributed by atoms with Gasteiger partial charge in [-0.2, -0.15) is 0 Å². The van der Waals surface area contributed by atoms with E-state index in [-0.39, 0.29) is 23.8 Å². The Bertz CT molecular complexity index is 579. The average molecular weight is 351 g/mol. The van der Waals surface area contributed by atoms with E-state index in [0.29, 0.717) is 6.42 Å². The monoisotopic (exact) mass is 351 g/mol. The zero-order chi connectivity index (χ0) is 19.4. The fourth-order valence-electron chi connectivity index (χ4n) is 1.65. The Labute approximate surface area is 147 Å². The van der Waals surface area contributed by atoms with E-state index in [1.165, 1.54) is 37.2 Å². The van der Waals surface area contributed by atoms with E-state index in [9.17, 15) is 19.2 Å². The minimum Gasteiger partial charge on any atom is -0.453 e. The zero-order valence-corrected chi connectivity index (χ0v) is 15.0. The van der Waals surface area contributed by atoms with Gasteiger partial charge in [0.15, 0.2) is 5.78 Å². The van der Waals surface area contributed by atoms with E-state index < -0.39 is 18.0 Å². The van der Waals surface area contributed by atoms with E-state index >= 15 is 0 Å². The van der Waals surface area contributed by atoms with Gasteiger partial charge in [-0.05, 0) is 25.0 Å². The van der Waals surface area contributed by atoms with Crippen LogP contribution in [0.2, 0.25) is 0 Å². The lowest BCUT2D eigenvalue weighted by Crippen LogP contribution is -2.47. The standard InChI is InChI=1S/C17H25N3O5/c1-6-9-13(12(2)21)18-16(23)14(19-17(24)25-5)10-7-8-11-15(22)20(3)4/h6,8-9,11,14H,1,7,10H2,2-5H3,(H,18,23)(H,19,24)/b11-8+,13-9+/t14-/m0/s1. The number of hydrogen-bond acceptors (Lipinski definition) is 5. The summed E-state index contributed by atoms with van der Waals surface area (Å²) >= 11 is 0. The van der Waals surface area contributed by atoms with Crippen molar-refractivity contribution < 1.29 is 23.9 Å². The molecule has 0 aliphatic heterocycles. The maximum Gasteiger partial charge on any atom is 0.407 e. The Morgan fingerprint density at radius 2 is 1.88 bits per heavy atom. The summed E-state index contributed by atoms with van der Waals surface area (Å²) in [6.45, 7) is 4.77. The number of allylic oxidation sites excluding steroid dienone is 4. The molecule has 1 atom stereocenters. The van der Waals surface area contributed by atoms with Crippen LogP contribution in [0.3, 0.4) is 0 Å². The van der Waals surface area contributed by atoms with Gasteiger partial charge in [0.1, 0.15) is 6.04 Å². The fraction of sp³-hybridized carbons (Fsp3) is 0.412. The zero-order valence-electron chi connectivity index (χ0n) is 15.0. The fourth-order valence-corrected chi connectivity index (χ4v) is 1.65. The Kier molecular flexibility index (Phi) is 10.3. The molecule has 0 saturated carbocycles. The van der Waals surface area contributed by atoms with E-state index in [1.54, 1.807) is 20.2 Å². The summed E-state index contributed by atoms with van der Waals surface area (Å²) in [6, 6.07) is -0.931. The van der Waals surface area contributed by atoms with Gasteiger partial charge in [-0.1, -0.05) is 18.7 Å². The second-order valence-electron chi connectivity index (χ2n) is 5.26. The molecule has 0 aromatic carbocycles. The molecule has 0 fully saturated rings. The van der Waals surface area contributed by atoms with Gasteiger partial charge in [-0.25, -0.2) is 4.79 Å². The number of nitrogens with one attached hydrogen (secondary N) is 2. The van der Waals surface area contributed by atoms with Crippen molar-refractivity contribution in [3.05, 3.63) is 36.6 Å². The van der Waals surface area contributed by atoms with Gasteiger partial charge >= 0.3 is 6.09 Å².